The van der Waals surface area contributed by atoms with E-state index >= 15 is 0 Å². The number of carbonyl (C=O) groups excluding carboxylic acids is 2. The first-order chi connectivity index (χ1) is 15.5. The Kier molecular flexibility index (Phi) is 7.92. The molecule has 3 aromatic rings. The van der Waals surface area contributed by atoms with E-state index in [1.165, 1.54) is 5.56 Å². The van der Waals surface area contributed by atoms with Gasteiger partial charge in [0, 0.05) is 0 Å². The van der Waals surface area contributed by atoms with Gasteiger partial charge >= 0.3 is 0 Å². The third kappa shape index (κ3) is 6.14. The number of rotatable bonds is 8. The fourth-order valence-corrected chi connectivity index (χ4v) is 3.42. The summed E-state index contributed by atoms with van der Waals surface area (Å²) in [6, 6.07) is 27.2. The van der Waals surface area contributed by atoms with Crippen molar-refractivity contribution in [2.24, 2.45) is 5.10 Å². The fraction of sp³-hybridized carbons (Fsp3) is 0.222. The van der Waals surface area contributed by atoms with Gasteiger partial charge in [-0.05, 0) is 35.1 Å². The molecule has 0 aromatic heterocycles. The molecule has 0 unspecified atom stereocenters. The van der Waals surface area contributed by atoms with Gasteiger partial charge in [-0.15, -0.1) is 0 Å². The predicted octanol–water partition coefficient (Wildman–Crippen LogP) is 4.60. The van der Waals surface area contributed by atoms with Gasteiger partial charge in [0.15, 0.2) is 0 Å². The molecule has 0 fully saturated rings. The molecule has 0 saturated carbocycles. The first-order valence-corrected chi connectivity index (χ1v) is 10.8. The summed E-state index contributed by atoms with van der Waals surface area (Å²) < 4.78 is 0. The van der Waals surface area contributed by atoms with E-state index in [0.717, 1.165) is 16.7 Å². The largest absolute Gasteiger partial charge is 0.346 e. The second-order valence-electron chi connectivity index (χ2n) is 7.98. The van der Waals surface area contributed by atoms with Crippen molar-refractivity contribution in [2.45, 2.75) is 32.6 Å². The summed E-state index contributed by atoms with van der Waals surface area (Å²) in [5, 5.41) is 6.92. The predicted molar refractivity (Wildman–Crippen MR) is 129 cm³/mol. The maximum absolute atomic E-state index is 13.0. The lowest BCUT2D eigenvalue weighted by Crippen LogP contribution is -2.38. The van der Waals surface area contributed by atoms with E-state index in [-0.39, 0.29) is 18.4 Å². The maximum atomic E-state index is 13.0. The number of amides is 2. The molecule has 32 heavy (non-hydrogen) atoms. The number of carbonyl (C=O) groups is 2. The minimum atomic E-state index is -0.491. The van der Waals surface area contributed by atoms with Gasteiger partial charge < -0.3 is 5.32 Å². The van der Waals surface area contributed by atoms with Crippen molar-refractivity contribution < 1.29 is 9.59 Å². The maximum Gasteiger partial charge on any atom is 0.259 e. The van der Waals surface area contributed by atoms with Gasteiger partial charge in [-0.25, -0.2) is 5.43 Å². The standard InChI is InChI=1S/C27H29N3O2/c1-19(2)21-14-16-22(17-15-21)20(3)29-30-25(31)18-28-27(32)26(23-10-6-4-7-11-23)24-12-8-5-9-13-24/h4-17,19,26H,18H2,1-3H3,(H,28,32)(H,30,31)/b29-20-. The average Bonchev–Trinajstić information content (AvgIpc) is 2.82. The van der Waals surface area contributed by atoms with Crippen molar-refractivity contribution in [3.63, 3.8) is 0 Å². The van der Waals surface area contributed by atoms with Crippen molar-refractivity contribution in [1.29, 1.82) is 0 Å². The monoisotopic (exact) mass is 427 g/mol. The number of benzene rings is 3. The second-order valence-corrected chi connectivity index (χ2v) is 7.98. The highest BCUT2D eigenvalue weighted by molar-refractivity contribution is 5.99. The normalized spacial score (nSPS) is 11.5. The number of hydrogen-bond acceptors (Lipinski definition) is 3. The van der Waals surface area contributed by atoms with Crippen LogP contribution in [0.4, 0.5) is 0 Å². The lowest BCUT2D eigenvalue weighted by atomic mass is 9.90. The molecular formula is C27H29N3O2. The molecule has 0 heterocycles. The van der Waals surface area contributed by atoms with E-state index in [4.69, 9.17) is 0 Å². The highest BCUT2D eigenvalue weighted by Crippen LogP contribution is 2.24. The van der Waals surface area contributed by atoms with E-state index in [1.807, 2.05) is 79.7 Å². The smallest absolute Gasteiger partial charge is 0.259 e. The lowest BCUT2D eigenvalue weighted by Gasteiger charge is -2.17. The summed E-state index contributed by atoms with van der Waals surface area (Å²) in [7, 11) is 0. The minimum Gasteiger partial charge on any atom is -0.346 e. The summed E-state index contributed by atoms with van der Waals surface area (Å²) in [6.45, 7) is 5.97. The van der Waals surface area contributed by atoms with Crippen LogP contribution < -0.4 is 10.7 Å². The average molecular weight is 428 g/mol. The first kappa shape index (κ1) is 22.9. The first-order valence-electron chi connectivity index (χ1n) is 10.8. The molecule has 2 amide bonds. The number of nitrogens with one attached hydrogen (secondary N) is 2. The number of nitrogens with zero attached hydrogens (tertiary/aromatic N) is 1. The Labute approximate surface area is 189 Å². The van der Waals surface area contributed by atoms with Crippen LogP contribution >= 0.6 is 0 Å². The Morgan fingerprint density at radius 1 is 0.781 bits per heavy atom. The topological polar surface area (TPSA) is 70.6 Å². The van der Waals surface area contributed by atoms with Crippen molar-refractivity contribution in [1.82, 2.24) is 10.7 Å². The van der Waals surface area contributed by atoms with Crippen molar-refractivity contribution in [3.05, 3.63) is 107 Å². The van der Waals surface area contributed by atoms with Crippen LogP contribution in [-0.2, 0) is 9.59 Å². The van der Waals surface area contributed by atoms with Crippen LogP contribution in [-0.4, -0.2) is 24.1 Å². The molecule has 0 aliphatic carbocycles. The van der Waals surface area contributed by atoms with Gasteiger partial charge in [-0.1, -0.05) is 98.8 Å². The molecule has 5 nitrogen and oxygen atoms in total. The van der Waals surface area contributed by atoms with Gasteiger partial charge in [-0.2, -0.15) is 5.10 Å². The van der Waals surface area contributed by atoms with Crippen LogP contribution in [0.1, 0.15) is 54.9 Å². The molecule has 0 atom stereocenters. The van der Waals surface area contributed by atoms with Crippen molar-refractivity contribution in [2.75, 3.05) is 6.54 Å². The van der Waals surface area contributed by atoms with Gasteiger partial charge in [-0.3, -0.25) is 9.59 Å². The van der Waals surface area contributed by atoms with E-state index in [2.05, 4.69) is 41.8 Å². The van der Waals surface area contributed by atoms with Gasteiger partial charge in [0.1, 0.15) is 0 Å². The molecule has 164 valence electrons. The van der Waals surface area contributed by atoms with Crippen LogP contribution in [0.3, 0.4) is 0 Å². The molecule has 3 rings (SSSR count). The molecular weight excluding hydrogens is 398 g/mol. The highest BCUT2D eigenvalue weighted by atomic mass is 16.2. The van der Waals surface area contributed by atoms with E-state index < -0.39 is 5.92 Å². The zero-order valence-electron chi connectivity index (χ0n) is 18.7. The van der Waals surface area contributed by atoms with Crippen LogP contribution in [0.2, 0.25) is 0 Å². The molecule has 0 radical (unpaired) electrons. The number of hydrazone groups is 1. The third-order valence-electron chi connectivity index (χ3n) is 5.29. The number of hydrogen-bond donors (Lipinski definition) is 2. The molecule has 0 spiro atoms. The Hall–Kier alpha value is -3.73. The molecule has 0 aliphatic heterocycles. The summed E-state index contributed by atoms with van der Waals surface area (Å²) in [4.78, 5) is 25.3. The zero-order valence-corrected chi connectivity index (χ0v) is 18.7. The van der Waals surface area contributed by atoms with Crippen molar-refractivity contribution in [3.8, 4) is 0 Å². The Morgan fingerprint density at radius 2 is 1.31 bits per heavy atom. The molecule has 5 heteroatoms. The zero-order chi connectivity index (χ0) is 22.9. The van der Waals surface area contributed by atoms with E-state index in [1.54, 1.807) is 0 Å². The molecule has 2 N–H and O–H groups in total. The molecule has 0 bridgehead atoms. The summed E-state index contributed by atoms with van der Waals surface area (Å²) >= 11 is 0. The van der Waals surface area contributed by atoms with Crippen LogP contribution in [0.5, 0.6) is 0 Å². The van der Waals surface area contributed by atoms with Gasteiger partial charge in [0.2, 0.25) is 5.91 Å². The van der Waals surface area contributed by atoms with E-state index in [0.29, 0.717) is 11.6 Å². The second kappa shape index (κ2) is 11.0. The quantitative estimate of drug-likeness (QED) is 0.407. The summed E-state index contributed by atoms with van der Waals surface area (Å²) in [6.07, 6.45) is 0. The minimum absolute atomic E-state index is 0.155. The van der Waals surface area contributed by atoms with E-state index in [9.17, 15) is 9.59 Å². The van der Waals surface area contributed by atoms with Gasteiger partial charge in [0.05, 0.1) is 18.2 Å². The fourth-order valence-electron chi connectivity index (χ4n) is 3.42. The molecule has 0 aliphatic rings. The lowest BCUT2D eigenvalue weighted by molar-refractivity contribution is -0.126. The highest BCUT2D eigenvalue weighted by Gasteiger charge is 2.22. The molecule has 3 aromatic carbocycles. The summed E-state index contributed by atoms with van der Waals surface area (Å²) in [5.74, 6) is -0.644. The molecule has 0 saturated heterocycles. The summed E-state index contributed by atoms with van der Waals surface area (Å²) in [5.41, 5.74) is 7.15. The Bertz CT molecular complexity index is 1020. The van der Waals surface area contributed by atoms with Crippen LogP contribution in [0, 0.1) is 0 Å². The van der Waals surface area contributed by atoms with Gasteiger partial charge in [0.25, 0.3) is 5.91 Å². The van der Waals surface area contributed by atoms with Crippen LogP contribution in [0.15, 0.2) is 90.0 Å². The Morgan fingerprint density at radius 3 is 1.81 bits per heavy atom. The Balaban J connectivity index is 1.61. The third-order valence-corrected chi connectivity index (χ3v) is 5.29. The van der Waals surface area contributed by atoms with Crippen molar-refractivity contribution >= 4 is 17.5 Å². The van der Waals surface area contributed by atoms with Crippen LogP contribution in [0.25, 0.3) is 0 Å². The SMILES string of the molecule is C/C(=N/NC(=O)CNC(=O)C(c1ccccc1)c1ccccc1)c1ccc(C(C)C)cc1.